The second-order valence-electron chi connectivity index (χ2n) is 5.29. The van der Waals surface area contributed by atoms with E-state index >= 15 is 0 Å². The van der Waals surface area contributed by atoms with Gasteiger partial charge in [-0.3, -0.25) is 0 Å². The molecule has 0 radical (unpaired) electrons. The average molecular weight is 277 g/mol. The highest BCUT2D eigenvalue weighted by atomic mass is 35.5. The Morgan fingerprint density at radius 1 is 1.37 bits per heavy atom. The Morgan fingerprint density at radius 2 is 2.11 bits per heavy atom. The number of hydrogen-bond donors (Lipinski definition) is 1. The molecule has 1 N–H and O–H groups in total. The van der Waals surface area contributed by atoms with Crippen LogP contribution in [0.4, 0.5) is 0 Å². The van der Waals surface area contributed by atoms with Gasteiger partial charge in [0.25, 0.3) is 0 Å². The number of rotatable bonds is 3. The SMILES string of the molecule is Cc1ccc(C)c(-n2nc(C3CC3)c(CO)c2Cl)c1. The van der Waals surface area contributed by atoms with E-state index in [-0.39, 0.29) is 6.61 Å². The lowest BCUT2D eigenvalue weighted by atomic mass is 10.1. The minimum Gasteiger partial charge on any atom is -0.391 e. The van der Waals surface area contributed by atoms with Gasteiger partial charge in [-0.2, -0.15) is 5.10 Å². The molecule has 1 aliphatic carbocycles. The summed E-state index contributed by atoms with van der Waals surface area (Å²) in [6.07, 6.45) is 2.29. The molecule has 0 amide bonds. The molecule has 3 rings (SSSR count). The number of aliphatic hydroxyl groups excluding tert-OH is 1. The van der Waals surface area contributed by atoms with Crippen molar-refractivity contribution in [3.63, 3.8) is 0 Å². The Morgan fingerprint density at radius 3 is 2.74 bits per heavy atom. The number of nitrogens with zero attached hydrogens (tertiary/aromatic N) is 2. The molecule has 1 aromatic carbocycles. The maximum atomic E-state index is 9.52. The van der Waals surface area contributed by atoms with E-state index in [9.17, 15) is 5.11 Å². The monoisotopic (exact) mass is 276 g/mol. The molecule has 3 nitrogen and oxygen atoms in total. The third-order valence-corrected chi connectivity index (χ3v) is 4.06. The third-order valence-electron chi connectivity index (χ3n) is 3.67. The molecular formula is C15H17ClN2O. The molecule has 0 spiro atoms. The van der Waals surface area contributed by atoms with Crippen molar-refractivity contribution in [1.29, 1.82) is 0 Å². The lowest BCUT2D eigenvalue weighted by Crippen LogP contribution is -2.00. The summed E-state index contributed by atoms with van der Waals surface area (Å²) in [5.74, 6) is 0.478. The highest BCUT2D eigenvalue weighted by Crippen LogP contribution is 2.43. The molecule has 100 valence electrons. The fourth-order valence-electron chi connectivity index (χ4n) is 2.38. The van der Waals surface area contributed by atoms with Crippen molar-refractivity contribution < 1.29 is 5.11 Å². The van der Waals surface area contributed by atoms with E-state index in [0.717, 1.165) is 35.3 Å². The van der Waals surface area contributed by atoms with Gasteiger partial charge >= 0.3 is 0 Å². The molecule has 4 heteroatoms. The predicted octanol–water partition coefficient (Wildman–Crippen LogP) is 3.51. The van der Waals surface area contributed by atoms with E-state index in [2.05, 4.69) is 30.2 Å². The van der Waals surface area contributed by atoms with Gasteiger partial charge in [0.1, 0.15) is 5.15 Å². The zero-order chi connectivity index (χ0) is 13.6. The summed E-state index contributed by atoms with van der Waals surface area (Å²) in [6, 6.07) is 6.22. The summed E-state index contributed by atoms with van der Waals surface area (Å²) in [4.78, 5) is 0. The fourth-order valence-corrected chi connectivity index (χ4v) is 2.67. The normalized spacial score (nSPS) is 14.9. The van der Waals surface area contributed by atoms with Gasteiger partial charge < -0.3 is 5.11 Å². The minimum atomic E-state index is -0.0461. The molecule has 1 aromatic heterocycles. The molecular weight excluding hydrogens is 260 g/mol. The summed E-state index contributed by atoms with van der Waals surface area (Å²) in [5, 5.41) is 14.7. The predicted molar refractivity (Wildman–Crippen MR) is 75.9 cm³/mol. The first kappa shape index (κ1) is 12.7. The molecule has 19 heavy (non-hydrogen) atoms. The topological polar surface area (TPSA) is 38.0 Å². The van der Waals surface area contributed by atoms with E-state index in [1.807, 2.05) is 6.92 Å². The van der Waals surface area contributed by atoms with Gasteiger partial charge in [-0.15, -0.1) is 0 Å². The Kier molecular flexibility index (Phi) is 3.11. The molecule has 0 saturated heterocycles. The Bertz CT molecular complexity index is 629. The number of aryl methyl sites for hydroxylation is 2. The highest BCUT2D eigenvalue weighted by molar-refractivity contribution is 6.30. The Labute approximate surface area is 117 Å². The number of aliphatic hydroxyl groups is 1. The van der Waals surface area contributed by atoms with Crippen LogP contribution in [-0.2, 0) is 6.61 Å². The van der Waals surface area contributed by atoms with Crippen molar-refractivity contribution in [1.82, 2.24) is 9.78 Å². The smallest absolute Gasteiger partial charge is 0.138 e. The molecule has 1 heterocycles. The standard InChI is InChI=1S/C15H17ClN2O/c1-9-3-4-10(2)13(7-9)18-15(16)12(8-19)14(17-18)11-5-6-11/h3-4,7,11,19H,5-6,8H2,1-2H3. The van der Waals surface area contributed by atoms with Crippen molar-refractivity contribution in [3.8, 4) is 5.69 Å². The van der Waals surface area contributed by atoms with Crippen LogP contribution in [0.2, 0.25) is 5.15 Å². The molecule has 0 bridgehead atoms. The van der Waals surface area contributed by atoms with Gasteiger partial charge in [0.15, 0.2) is 0 Å². The summed E-state index contributed by atoms with van der Waals surface area (Å²) in [5.41, 5.74) is 5.04. The number of aromatic nitrogens is 2. The van der Waals surface area contributed by atoms with E-state index in [1.54, 1.807) is 4.68 Å². The van der Waals surface area contributed by atoms with Crippen molar-refractivity contribution in [2.45, 2.75) is 39.2 Å². The number of halogens is 1. The molecule has 0 aliphatic heterocycles. The second kappa shape index (κ2) is 4.66. The molecule has 0 atom stereocenters. The van der Waals surface area contributed by atoms with Crippen molar-refractivity contribution in [2.75, 3.05) is 0 Å². The van der Waals surface area contributed by atoms with Crippen LogP contribution in [0.5, 0.6) is 0 Å². The van der Waals surface area contributed by atoms with Crippen molar-refractivity contribution in [3.05, 3.63) is 45.7 Å². The molecule has 0 unspecified atom stereocenters. The van der Waals surface area contributed by atoms with Crippen LogP contribution in [0, 0.1) is 13.8 Å². The van der Waals surface area contributed by atoms with Crippen LogP contribution in [0.15, 0.2) is 18.2 Å². The van der Waals surface area contributed by atoms with Gasteiger partial charge in [0, 0.05) is 11.5 Å². The summed E-state index contributed by atoms with van der Waals surface area (Å²) < 4.78 is 1.77. The van der Waals surface area contributed by atoms with Crippen LogP contribution < -0.4 is 0 Å². The maximum Gasteiger partial charge on any atom is 0.138 e. The average Bonchev–Trinajstić information content (AvgIpc) is 3.17. The highest BCUT2D eigenvalue weighted by Gasteiger charge is 2.31. The van der Waals surface area contributed by atoms with E-state index < -0.39 is 0 Å². The summed E-state index contributed by atoms with van der Waals surface area (Å²) >= 11 is 6.40. The quantitative estimate of drug-likeness (QED) is 0.932. The van der Waals surface area contributed by atoms with Gasteiger partial charge in [-0.05, 0) is 43.9 Å². The van der Waals surface area contributed by atoms with Gasteiger partial charge in [-0.25, -0.2) is 4.68 Å². The van der Waals surface area contributed by atoms with Crippen LogP contribution in [-0.4, -0.2) is 14.9 Å². The zero-order valence-corrected chi connectivity index (χ0v) is 11.9. The lowest BCUT2D eigenvalue weighted by molar-refractivity contribution is 0.280. The van der Waals surface area contributed by atoms with Crippen LogP contribution in [0.1, 0.15) is 41.1 Å². The largest absolute Gasteiger partial charge is 0.391 e. The van der Waals surface area contributed by atoms with Crippen molar-refractivity contribution in [2.24, 2.45) is 0 Å². The summed E-state index contributed by atoms with van der Waals surface area (Å²) in [6.45, 7) is 4.05. The number of benzene rings is 1. The first-order chi connectivity index (χ1) is 9.11. The first-order valence-electron chi connectivity index (χ1n) is 6.57. The second-order valence-corrected chi connectivity index (χ2v) is 5.65. The maximum absolute atomic E-state index is 9.52. The molecule has 1 fully saturated rings. The minimum absolute atomic E-state index is 0.0461. The molecule has 1 saturated carbocycles. The van der Waals surface area contributed by atoms with Gasteiger partial charge in [0.05, 0.1) is 18.0 Å². The van der Waals surface area contributed by atoms with Gasteiger partial charge in [-0.1, -0.05) is 23.7 Å². The zero-order valence-electron chi connectivity index (χ0n) is 11.2. The fraction of sp³-hybridized carbons (Fsp3) is 0.400. The number of hydrogen-bond acceptors (Lipinski definition) is 2. The Hall–Kier alpha value is -1.32. The summed E-state index contributed by atoms with van der Waals surface area (Å²) in [7, 11) is 0. The lowest BCUT2D eigenvalue weighted by Gasteiger charge is -2.08. The van der Waals surface area contributed by atoms with Gasteiger partial charge in [0.2, 0.25) is 0 Å². The third kappa shape index (κ3) is 2.17. The van der Waals surface area contributed by atoms with Crippen molar-refractivity contribution >= 4 is 11.6 Å². The van der Waals surface area contributed by atoms with E-state index in [1.165, 1.54) is 5.56 Å². The Balaban J connectivity index is 2.17. The molecule has 1 aliphatic rings. The van der Waals surface area contributed by atoms with Crippen LogP contribution >= 0.6 is 11.6 Å². The van der Waals surface area contributed by atoms with Crippen LogP contribution in [0.3, 0.4) is 0 Å². The first-order valence-corrected chi connectivity index (χ1v) is 6.95. The van der Waals surface area contributed by atoms with E-state index in [0.29, 0.717) is 11.1 Å². The molecule has 2 aromatic rings. The van der Waals surface area contributed by atoms with Crippen LogP contribution in [0.25, 0.3) is 5.69 Å². The van der Waals surface area contributed by atoms with E-state index in [4.69, 9.17) is 11.6 Å².